The molecule has 4 saturated carbocycles. The highest BCUT2D eigenvalue weighted by Crippen LogP contribution is 2.56. The fraction of sp³-hybridized carbons (Fsp3) is 0.810. The van der Waals surface area contributed by atoms with E-state index in [1.54, 1.807) is 0 Å². The van der Waals surface area contributed by atoms with Gasteiger partial charge in [0.25, 0.3) is 0 Å². The van der Waals surface area contributed by atoms with Gasteiger partial charge in [0.1, 0.15) is 6.10 Å². The third kappa shape index (κ3) is 2.54. The molecule has 1 amide bonds. The maximum atomic E-state index is 13.3. The molecule has 5 nitrogen and oxygen atoms in total. The number of amides is 1. The van der Waals surface area contributed by atoms with Gasteiger partial charge >= 0.3 is 0 Å². The summed E-state index contributed by atoms with van der Waals surface area (Å²) in [7, 11) is 1.98. The normalized spacial score (nSPS) is 41.0. The maximum absolute atomic E-state index is 13.3. The van der Waals surface area contributed by atoms with E-state index in [0.717, 1.165) is 29.6 Å². The lowest BCUT2D eigenvalue weighted by atomic mass is 9.51. The molecule has 0 spiro atoms. The second kappa shape index (κ2) is 6.08. The standard InChI is InChI=1S/C21H31N3O2/c1-11-18(12(2)24(3)23-11)20-17(4-5-26-20)22-21(25)19-15-7-13-6-14(9-15)10-16(19)8-13/h13-17,19-20H,4-10H2,1-3H3,(H,22,25)/t13?,14?,15?,16?,17-,19?,20-/m0/s1. The van der Waals surface area contributed by atoms with Crippen LogP contribution in [0.4, 0.5) is 0 Å². The first-order valence-corrected chi connectivity index (χ1v) is 10.4. The number of nitrogens with zero attached hydrogens (tertiary/aromatic N) is 2. The molecule has 4 aliphatic carbocycles. The third-order valence-electron chi connectivity index (χ3n) is 7.80. The molecule has 2 atom stereocenters. The van der Waals surface area contributed by atoms with Gasteiger partial charge < -0.3 is 10.1 Å². The Morgan fingerprint density at radius 1 is 1.12 bits per heavy atom. The number of aromatic nitrogens is 2. The predicted molar refractivity (Wildman–Crippen MR) is 98.5 cm³/mol. The molecule has 5 heteroatoms. The van der Waals surface area contributed by atoms with Crippen molar-refractivity contribution in [3.63, 3.8) is 0 Å². The van der Waals surface area contributed by atoms with Gasteiger partial charge in [0.05, 0.1) is 11.7 Å². The van der Waals surface area contributed by atoms with Crippen molar-refractivity contribution < 1.29 is 9.53 Å². The van der Waals surface area contributed by atoms with Gasteiger partial charge in [-0.2, -0.15) is 5.10 Å². The summed E-state index contributed by atoms with van der Waals surface area (Å²) < 4.78 is 7.98. The molecule has 26 heavy (non-hydrogen) atoms. The molecule has 0 unspecified atom stereocenters. The van der Waals surface area contributed by atoms with Crippen molar-refractivity contribution in [2.75, 3.05) is 6.61 Å². The molecule has 5 aliphatic rings. The van der Waals surface area contributed by atoms with Crippen molar-refractivity contribution in [2.45, 2.75) is 64.5 Å². The lowest BCUT2D eigenvalue weighted by molar-refractivity contribution is -0.139. The quantitative estimate of drug-likeness (QED) is 0.904. The molecule has 1 saturated heterocycles. The Kier molecular flexibility index (Phi) is 3.93. The summed E-state index contributed by atoms with van der Waals surface area (Å²) in [4.78, 5) is 13.3. The van der Waals surface area contributed by atoms with Gasteiger partial charge in [-0.05, 0) is 76.0 Å². The molecular weight excluding hydrogens is 326 g/mol. The average molecular weight is 357 g/mol. The van der Waals surface area contributed by atoms with E-state index in [0.29, 0.717) is 24.3 Å². The Hall–Kier alpha value is -1.36. The van der Waals surface area contributed by atoms with Crippen LogP contribution in [0.1, 0.15) is 61.6 Å². The average Bonchev–Trinajstić information content (AvgIpc) is 3.10. The zero-order valence-electron chi connectivity index (χ0n) is 16.2. The Morgan fingerprint density at radius 2 is 1.77 bits per heavy atom. The molecule has 4 bridgehead atoms. The Labute approximate surface area is 155 Å². The van der Waals surface area contributed by atoms with E-state index in [1.807, 2.05) is 18.7 Å². The van der Waals surface area contributed by atoms with Crippen LogP contribution >= 0.6 is 0 Å². The van der Waals surface area contributed by atoms with Gasteiger partial charge in [0, 0.05) is 30.8 Å². The van der Waals surface area contributed by atoms with Crippen LogP contribution in [0.5, 0.6) is 0 Å². The molecule has 6 rings (SSSR count). The smallest absolute Gasteiger partial charge is 0.223 e. The summed E-state index contributed by atoms with van der Waals surface area (Å²) in [5.41, 5.74) is 3.33. The van der Waals surface area contributed by atoms with Crippen molar-refractivity contribution >= 4 is 5.91 Å². The monoisotopic (exact) mass is 357 g/mol. The van der Waals surface area contributed by atoms with E-state index in [-0.39, 0.29) is 18.1 Å². The number of hydrogen-bond acceptors (Lipinski definition) is 3. The largest absolute Gasteiger partial charge is 0.371 e. The summed E-state index contributed by atoms with van der Waals surface area (Å²) >= 11 is 0. The predicted octanol–water partition coefficient (Wildman–Crippen LogP) is 3.06. The fourth-order valence-electron chi connectivity index (χ4n) is 6.86. The zero-order chi connectivity index (χ0) is 18.0. The molecule has 1 aromatic heterocycles. The summed E-state index contributed by atoms with van der Waals surface area (Å²) in [6, 6.07) is 0.0845. The van der Waals surface area contributed by atoms with E-state index in [2.05, 4.69) is 17.3 Å². The molecule has 5 fully saturated rings. The van der Waals surface area contributed by atoms with E-state index in [1.165, 1.54) is 37.7 Å². The summed E-state index contributed by atoms with van der Waals surface area (Å²) in [6.07, 6.45) is 7.43. The van der Waals surface area contributed by atoms with Crippen LogP contribution in [0.15, 0.2) is 0 Å². The fourth-order valence-corrected chi connectivity index (χ4v) is 6.86. The Balaban J connectivity index is 1.33. The van der Waals surface area contributed by atoms with E-state index < -0.39 is 0 Å². The molecule has 1 aromatic rings. The Bertz CT molecular complexity index is 697. The second-order valence-corrected chi connectivity index (χ2v) is 9.36. The van der Waals surface area contributed by atoms with Crippen LogP contribution in [-0.2, 0) is 16.6 Å². The summed E-state index contributed by atoms with van der Waals surface area (Å²) in [5, 5.41) is 7.96. The lowest BCUT2D eigenvalue weighted by Crippen LogP contribution is -2.52. The highest BCUT2D eigenvalue weighted by atomic mass is 16.5. The van der Waals surface area contributed by atoms with Gasteiger partial charge in [-0.15, -0.1) is 0 Å². The molecule has 1 aliphatic heterocycles. The molecule has 142 valence electrons. The minimum Gasteiger partial charge on any atom is -0.371 e. The minimum atomic E-state index is -0.0514. The molecule has 0 aromatic carbocycles. The van der Waals surface area contributed by atoms with Crippen molar-refractivity contribution in [3.8, 4) is 0 Å². The molecular formula is C21H31N3O2. The number of ether oxygens (including phenoxy) is 1. The molecule has 1 N–H and O–H groups in total. The number of carbonyl (C=O) groups is 1. The van der Waals surface area contributed by atoms with Crippen LogP contribution in [0.2, 0.25) is 0 Å². The minimum absolute atomic E-state index is 0.0514. The van der Waals surface area contributed by atoms with E-state index in [9.17, 15) is 4.79 Å². The highest BCUT2D eigenvalue weighted by molar-refractivity contribution is 5.80. The van der Waals surface area contributed by atoms with Crippen molar-refractivity contribution in [1.82, 2.24) is 15.1 Å². The van der Waals surface area contributed by atoms with Gasteiger partial charge in [0.15, 0.2) is 0 Å². The lowest BCUT2D eigenvalue weighted by Gasteiger charge is -2.53. The van der Waals surface area contributed by atoms with Gasteiger partial charge in [-0.1, -0.05) is 0 Å². The van der Waals surface area contributed by atoms with Crippen LogP contribution in [0, 0.1) is 43.4 Å². The first-order chi connectivity index (χ1) is 12.5. The van der Waals surface area contributed by atoms with Crippen molar-refractivity contribution in [1.29, 1.82) is 0 Å². The molecule has 2 heterocycles. The molecule has 0 radical (unpaired) electrons. The van der Waals surface area contributed by atoms with Crippen LogP contribution in [0.25, 0.3) is 0 Å². The van der Waals surface area contributed by atoms with Crippen LogP contribution < -0.4 is 5.32 Å². The number of carbonyl (C=O) groups excluding carboxylic acids is 1. The number of aryl methyl sites for hydroxylation is 2. The zero-order valence-corrected chi connectivity index (χ0v) is 16.2. The van der Waals surface area contributed by atoms with Gasteiger partial charge in [-0.25, -0.2) is 0 Å². The van der Waals surface area contributed by atoms with Crippen LogP contribution in [-0.4, -0.2) is 28.3 Å². The van der Waals surface area contributed by atoms with Crippen molar-refractivity contribution in [3.05, 3.63) is 17.0 Å². The summed E-state index contributed by atoms with van der Waals surface area (Å²) in [6.45, 7) is 4.85. The number of nitrogens with one attached hydrogen (secondary N) is 1. The van der Waals surface area contributed by atoms with E-state index in [4.69, 9.17) is 4.74 Å². The summed E-state index contributed by atoms with van der Waals surface area (Å²) in [5.74, 6) is 3.64. The first-order valence-electron chi connectivity index (χ1n) is 10.4. The SMILES string of the molecule is Cc1nn(C)c(C)c1[C@H]1OCC[C@@H]1NC(=O)C1C2CC3CC(C2)CC1C3. The number of rotatable bonds is 3. The van der Waals surface area contributed by atoms with Gasteiger partial charge in [0.2, 0.25) is 5.91 Å². The maximum Gasteiger partial charge on any atom is 0.223 e. The highest BCUT2D eigenvalue weighted by Gasteiger charge is 2.51. The first kappa shape index (κ1) is 16.8. The van der Waals surface area contributed by atoms with E-state index >= 15 is 0 Å². The number of hydrogen-bond donors (Lipinski definition) is 1. The van der Waals surface area contributed by atoms with Gasteiger partial charge in [-0.3, -0.25) is 9.48 Å². The Morgan fingerprint density at radius 3 is 2.35 bits per heavy atom. The second-order valence-electron chi connectivity index (χ2n) is 9.36. The topological polar surface area (TPSA) is 56.1 Å². The van der Waals surface area contributed by atoms with Crippen molar-refractivity contribution in [2.24, 2.45) is 36.6 Å². The third-order valence-corrected chi connectivity index (χ3v) is 7.80. The van der Waals surface area contributed by atoms with Crippen LogP contribution in [0.3, 0.4) is 0 Å².